The summed E-state index contributed by atoms with van der Waals surface area (Å²) in [5.74, 6) is -0.502. The Labute approximate surface area is 119 Å². The van der Waals surface area contributed by atoms with Gasteiger partial charge in [0.15, 0.2) is 0 Å². The van der Waals surface area contributed by atoms with Crippen LogP contribution in [0.4, 0.5) is 0 Å². The molecule has 0 unspecified atom stereocenters. The van der Waals surface area contributed by atoms with Gasteiger partial charge in [-0.1, -0.05) is 71.2 Å². The second kappa shape index (κ2) is 5.35. The highest BCUT2D eigenvalue weighted by molar-refractivity contribution is 6.67. The lowest BCUT2D eigenvalue weighted by Crippen LogP contribution is -2.17. The van der Waals surface area contributed by atoms with Crippen molar-refractivity contribution < 1.29 is 9.53 Å². The highest BCUT2D eigenvalue weighted by Crippen LogP contribution is 2.27. The van der Waals surface area contributed by atoms with Crippen LogP contribution < -0.4 is 0 Å². The van der Waals surface area contributed by atoms with Crippen LogP contribution in [0.2, 0.25) is 0 Å². The molecule has 0 aliphatic heterocycles. The zero-order valence-electron chi connectivity index (χ0n) is 9.20. The van der Waals surface area contributed by atoms with Gasteiger partial charge in [0.2, 0.25) is 3.79 Å². The van der Waals surface area contributed by atoms with Crippen LogP contribution in [0.3, 0.4) is 0 Å². The molecule has 0 aliphatic carbocycles. The fourth-order valence-electron chi connectivity index (χ4n) is 1.63. The van der Waals surface area contributed by atoms with Crippen molar-refractivity contribution in [3.8, 4) is 0 Å². The van der Waals surface area contributed by atoms with Crippen LogP contribution in [0.15, 0.2) is 42.5 Å². The maximum absolute atomic E-state index is 11.9. The molecule has 2 aromatic carbocycles. The summed E-state index contributed by atoms with van der Waals surface area (Å²) in [6.45, 7) is -0.278. The summed E-state index contributed by atoms with van der Waals surface area (Å²) in [5.41, 5.74) is 0.461. The number of esters is 1. The maximum Gasteiger partial charge on any atom is 0.338 e. The summed E-state index contributed by atoms with van der Waals surface area (Å²) in [4.78, 5) is 11.9. The van der Waals surface area contributed by atoms with Gasteiger partial charge in [-0.25, -0.2) is 4.79 Å². The second-order valence-electron chi connectivity index (χ2n) is 3.72. The van der Waals surface area contributed by atoms with Gasteiger partial charge in [0.1, 0.15) is 6.61 Å². The zero-order chi connectivity index (χ0) is 13.2. The number of halogens is 3. The Morgan fingerprint density at radius 1 is 1.06 bits per heavy atom. The van der Waals surface area contributed by atoms with E-state index in [1.807, 2.05) is 30.3 Å². The molecule has 0 saturated heterocycles. The van der Waals surface area contributed by atoms with Crippen molar-refractivity contribution in [2.24, 2.45) is 0 Å². The average Bonchev–Trinajstić information content (AvgIpc) is 2.34. The van der Waals surface area contributed by atoms with Crippen LogP contribution in [0, 0.1) is 0 Å². The van der Waals surface area contributed by atoms with Gasteiger partial charge < -0.3 is 4.74 Å². The summed E-state index contributed by atoms with van der Waals surface area (Å²) >= 11 is 16.6. The predicted molar refractivity (Wildman–Crippen MR) is 74.5 cm³/mol. The normalized spacial score (nSPS) is 11.5. The Balaban J connectivity index is 2.28. The molecule has 0 bridgehead atoms. The van der Waals surface area contributed by atoms with E-state index in [0.717, 1.165) is 10.8 Å². The molecular formula is C13H9Cl3O2. The monoisotopic (exact) mass is 302 g/mol. The van der Waals surface area contributed by atoms with E-state index in [9.17, 15) is 4.79 Å². The third-order valence-corrected chi connectivity index (χ3v) is 2.70. The Morgan fingerprint density at radius 3 is 2.44 bits per heavy atom. The van der Waals surface area contributed by atoms with Crippen molar-refractivity contribution in [3.63, 3.8) is 0 Å². The molecule has 0 spiro atoms. The number of ether oxygens (including phenoxy) is 1. The fraction of sp³-hybridized carbons (Fsp3) is 0.154. The molecule has 18 heavy (non-hydrogen) atoms. The van der Waals surface area contributed by atoms with Crippen LogP contribution >= 0.6 is 34.8 Å². The molecule has 0 heterocycles. The van der Waals surface area contributed by atoms with Crippen LogP contribution in [-0.2, 0) is 4.74 Å². The van der Waals surface area contributed by atoms with E-state index in [2.05, 4.69) is 0 Å². The number of carbonyl (C=O) groups excluding carboxylic acids is 1. The topological polar surface area (TPSA) is 26.3 Å². The van der Waals surface area contributed by atoms with E-state index in [1.165, 1.54) is 0 Å². The van der Waals surface area contributed by atoms with Crippen LogP contribution in [0.25, 0.3) is 10.8 Å². The van der Waals surface area contributed by atoms with Gasteiger partial charge in [-0.15, -0.1) is 0 Å². The molecule has 0 fully saturated rings. The minimum Gasteiger partial charge on any atom is -0.458 e. The van der Waals surface area contributed by atoms with E-state index in [-0.39, 0.29) is 6.61 Å². The molecule has 0 N–H and O–H groups in total. The lowest BCUT2D eigenvalue weighted by molar-refractivity contribution is 0.0514. The van der Waals surface area contributed by atoms with Crippen LogP contribution in [-0.4, -0.2) is 16.4 Å². The molecule has 2 nitrogen and oxygen atoms in total. The van der Waals surface area contributed by atoms with E-state index in [1.54, 1.807) is 12.1 Å². The van der Waals surface area contributed by atoms with Gasteiger partial charge in [-0.3, -0.25) is 0 Å². The van der Waals surface area contributed by atoms with Crippen molar-refractivity contribution in [1.29, 1.82) is 0 Å². The molecule has 0 radical (unpaired) electrons. The Kier molecular flexibility index (Phi) is 4.00. The number of benzene rings is 2. The molecule has 94 valence electrons. The van der Waals surface area contributed by atoms with Crippen molar-refractivity contribution in [1.82, 2.24) is 0 Å². The van der Waals surface area contributed by atoms with Crippen LogP contribution in [0.1, 0.15) is 10.4 Å². The highest BCUT2D eigenvalue weighted by atomic mass is 35.6. The quantitative estimate of drug-likeness (QED) is 0.608. The first-order valence-corrected chi connectivity index (χ1v) is 6.32. The number of rotatable bonds is 2. The zero-order valence-corrected chi connectivity index (χ0v) is 11.5. The van der Waals surface area contributed by atoms with Gasteiger partial charge in [-0.05, 0) is 16.8 Å². The van der Waals surface area contributed by atoms with Gasteiger partial charge in [0, 0.05) is 0 Å². The first-order valence-electron chi connectivity index (χ1n) is 5.19. The Morgan fingerprint density at radius 2 is 1.72 bits per heavy atom. The molecule has 0 aliphatic rings. The van der Waals surface area contributed by atoms with Gasteiger partial charge >= 0.3 is 5.97 Å². The molecular weight excluding hydrogens is 295 g/mol. The molecule has 5 heteroatoms. The van der Waals surface area contributed by atoms with Crippen molar-refractivity contribution in [2.75, 3.05) is 6.61 Å². The SMILES string of the molecule is O=C(OCC(Cl)(Cl)Cl)c1cccc2ccccc12. The number of alkyl halides is 3. The molecule has 0 saturated carbocycles. The van der Waals surface area contributed by atoms with Crippen LogP contribution in [0.5, 0.6) is 0 Å². The number of hydrogen-bond donors (Lipinski definition) is 0. The third kappa shape index (κ3) is 3.29. The van der Waals surface area contributed by atoms with Crippen molar-refractivity contribution in [3.05, 3.63) is 48.0 Å². The summed E-state index contributed by atoms with van der Waals surface area (Å²) in [6, 6.07) is 12.9. The first-order chi connectivity index (χ1) is 8.47. The number of fused-ring (bicyclic) bond motifs is 1. The average molecular weight is 304 g/mol. The summed E-state index contributed by atoms with van der Waals surface area (Å²) in [6.07, 6.45) is 0. The summed E-state index contributed by atoms with van der Waals surface area (Å²) < 4.78 is 3.37. The van der Waals surface area contributed by atoms with E-state index in [0.29, 0.717) is 5.56 Å². The highest BCUT2D eigenvalue weighted by Gasteiger charge is 2.23. The lowest BCUT2D eigenvalue weighted by Gasteiger charge is -2.12. The summed E-state index contributed by atoms with van der Waals surface area (Å²) in [7, 11) is 0. The molecule has 0 atom stereocenters. The fourth-order valence-corrected chi connectivity index (χ4v) is 1.79. The largest absolute Gasteiger partial charge is 0.458 e. The van der Waals surface area contributed by atoms with Gasteiger partial charge in [0.05, 0.1) is 5.56 Å². The van der Waals surface area contributed by atoms with E-state index in [4.69, 9.17) is 39.5 Å². The Bertz CT molecular complexity index is 570. The summed E-state index contributed by atoms with van der Waals surface area (Å²) in [5, 5.41) is 1.77. The van der Waals surface area contributed by atoms with E-state index >= 15 is 0 Å². The standard InChI is InChI=1S/C13H9Cl3O2/c14-13(15,16)8-18-12(17)11-7-3-5-9-4-1-2-6-10(9)11/h1-7H,8H2. The third-order valence-electron chi connectivity index (χ3n) is 2.38. The number of hydrogen-bond acceptors (Lipinski definition) is 2. The molecule has 0 aromatic heterocycles. The smallest absolute Gasteiger partial charge is 0.338 e. The minimum atomic E-state index is -1.60. The minimum absolute atomic E-state index is 0.278. The van der Waals surface area contributed by atoms with Gasteiger partial charge in [0.25, 0.3) is 0 Å². The molecule has 2 aromatic rings. The Hall–Kier alpha value is -0.960. The maximum atomic E-state index is 11.9. The first kappa shape index (κ1) is 13.5. The second-order valence-corrected chi connectivity index (χ2v) is 6.23. The molecule has 0 amide bonds. The molecule has 2 rings (SSSR count). The van der Waals surface area contributed by atoms with E-state index < -0.39 is 9.76 Å². The van der Waals surface area contributed by atoms with Crippen molar-refractivity contribution >= 4 is 51.5 Å². The predicted octanol–water partition coefficient (Wildman–Crippen LogP) is 4.37. The van der Waals surface area contributed by atoms with Crippen molar-refractivity contribution in [2.45, 2.75) is 3.79 Å². The lowest BCUT2D eigenvalue weighted by atomic mass is 10.1. The number of carbonyl (C=O) groups is 1. The van der Waals surface area contributed by atoms with Gasteiger partial charge in [-0.2, -0.15) is 0 Å².